The number of Topliss-reactive ketones (excluding diaryl/α,β-unsaturated/α-hetero) is 1. The van der Waals surface area contributed by atoms with Gasteiger partial charge in [0.2, 0.25) is 0 Å². The zero-order valence-electron chi connectivity index (χ0n) is 13.0. The first kappa shape index (κ1) is 15.2. The van der Waals surface area contributed by atoms with Crippen LogP contribution >= 0.6 is 0 Å². The molecule has 0 atom stereocenters. The van der Waals surface area contributed by atoms with E-state index in [9.17, 15) is 4.79 Å². The molecular formula is C18H26O2. The minimum atomic E-state index is 0.112. The highest BCUT2D eigenvalue weighted by atomic mass is 16.5. The van der Waals surface area contributed by atoms with Crippen LogP contribution in [0.5, 0.6) is 0 Å². The van der Waals surface area contributed by atoms with E-state index in [2.05, 4.69) is 19.9 Å². The summed E-state index contributed by atoms with van der Waals surface area (Å²) in [4.78, 5) is 12.2. The third kappa shape index (κ3) is 3.92. The molecule has 0 aliphatic heterocycles. The van der Waals surface area contributed by atoms with Crippen LogP contribution in [0, 0.1) is 26.7 Å². The Labute approximate surface area is 122 Å². The number of aryl methyl sites for hydroxylation is 3. The average Bonchev–Trinajstić information content (AvgIpc) is 2.44. The van der Waals surface area contributed by atoms with Crippen LogP contribution in [0.15, 0.2) is 12.1 Å². The molecule has 0 aromatic heterocycles. The van der Waals surface area contributed by atoms with E-state index >= 15 is 0 Å². The Kier molecular flexibility index (Phi) is 5.36. The molecule has 1 aromatic carbocycles. The van der Waals surface area contributed by atoms with Crippen molar-refractivity contribution in [3.05, 3.63) is 34.4 Å². The molecule has 110 valence electrons. The maximum Gasteiger partial charge on any atom is 0.188 e. The largest absolute Gasteiger partial charge is 0.373 e. The highest BCUT2D eigenvalue weighted by Crippen LogP contribution is 2.23. The number of rotatable bonds is 5. The summed E-state index contributed by atoms with van der Waals surface area (Å²) in [5.41, 5.74) is 4.28. The van der Waals surface area contributed by atoms with E-state index in [4.69, 9.17) is 4.74 Å². The van der Waals surface area contributed by atoms with Gasteiger partial charge in [0.1, 0.15) is 6.61 Å². The van der Waals surface area contributed by atoms with Gasteiger partial charge in [-0.25, -0.2) is 0 Å². The van der Waals surface area contributed by atoms with Gasteiger partial charge in [-0.3, -0.25) is 4.79 Å². The average molecular weight is 274 g/mol. The van der Waals surface area contributed by atoms with Crippen molar-refractivity contribution in [1.29, 1.82) is 0 Å². The molecule has 0 heterocycles. The highest BCUT2D eigenvalue weighted by molar-refractivity contribution is 5.98. The Balaban J connectivity index is 1.87. The summed E-state index contributed by atoms with van der Waals surface area (Å²) >= 11 is 0. The van der Waals surface area contributed by atoms with Gasteiger partial charge >= 0.3 is 0 Å². The molecule has 0 bridgehead atoms. The summed E-state index contributed by atoms with van der Waals surface area (Å²) in [7, 11) is 0. The van der Waals surface area contributed by atoms with Crippen LogP contribution in [-0.4, -0.2) is 19.0 Å². The van der Waals surface area contributed by atoms with E-state index < -0.39 is 0 Å². The van der Waals surface area contributed by atoms with Crippen molar-refractivity contribution in [3.8, 4) is 0 Å². The van der Waals surface area contributed by atoms with Crippen molar-refractivity contribution in [2.45, 2.75) is 52.9 Å². The highest BCUT2D eigenvalue weighted by Gasteiger charge is 2.15. The van der Waals surface area contributed by atoms with Gasteiger partial charge in [0.05, 0.1) is 6.61 Å². The fourth-order valence-electron chi connectivity index (χ4n) is 3.01. The van der Waals surface area contributed by atoms with Crippen molar-refractivity contribution >= 4 is 5.78 Å². The van der Waals surface area contributed by atoms with E-state index in [1.807, 2.05) is 13.0 Å². The molecule has 2 nitrogen and oxygen atoms in total. The summed E-state index contributed by atoms with van der Waals surface area (Å²) in [6.07, 6.45) is 6.52. The summed E-state index contributed by atoms with van der Waals surface area (Å²) < 4.78 is 5.66. The van der Waals surface area contributed by atoms with Crippen molar-refractivity contribution in [1.82, 2.24) is 0 Å². The van der Waals surface area contributed by atoms with Crippen LogP contribution in [-0.2, 0) is 4.74 Å². The van der Waals surface area contributed by atoms with Gasteiger partial charge in [-0.2, -0.15) is 0 Å². The number of hydrogen-bond donors (Lipinski definition) is 0. The molecule has 0 radical (unpaired) electrons. The van der Waals surface area contributed by atoms with Crippen molar-refractivity contribution in [2.24, 2.45) is 5.92 Å². The standard InChI is InChI=1S/C18H26O2/c1-13-9-15(3)17(10-14(13)2)18(19)12-20-11-16-7-5-4-6-8-16/h9-10,16H,4-8,11-12H2,1-3H3. The number of hydrogen-bond acceptors (Lipinski definition) is 2. The van der Waals surface area contributed by atoms with Crippen molar-refractivity contribution in [3.63, 3.8) is 0 Å². The van der Waals surface area contributed by atoms with E-state index in [1.165, 1.54) is 43.2 Å². The molecule has 2 rings (SSSR count). The molecule has 2 heteroatoms. The molecule has 0 N–H and O–H groups in total. The molecule has 20 heavy (non-hydrogen) atoms. The third-order valence-electron chi connectivity index (χ3n) is 4.45. The van der Waals surface area contributed by atoms with Crippen LogP contribution in [0.1, 0.15) is 59.2 Å². The van der Waals surface area contributed by atoms with E-state index in [0.29, 0.717) is 5.92 Å². The first-order valence-corrected chi connectivity index (χ1v) is 7.76. The number of ketones is 1. The quantitative estimate of drug-likeness (QED) is 0.744. The molecule has 1 aromatic rings. The smallest absolute Gasteiger partial charge is 0.188 e. The Bertz CT molecular complexity index is 471. The number of carbonyl (C=O) groups is 1. The first-order chi connectivity index (χ1) is 9.58. The SMILES string of the molecule is Cc1cc(C)c(C(=O)COCC2CCCCC2)cc1C. The van der Waals surface area contributed by atoms with Crippen molar-refractivity contribution < 1.29 is 9.53 Å². The van der Waals surface area contributed by atoms with Crippen LogP contribution in [0.4, 0.5) is 0 Å². The van der Waals surface area contributed by atoms with Gasteiger partial charge in [0.25, 0.3) is 0 Å². The molecule has 0 saturated heterocycles. The molecular weight excluding hydrogens is 248 g/mol. The lowest BCUT2D eigenvalue weighted by Crippen LogP contribution is -2.18. The fourth-order valence-corrected chi connectivity index (χ4v) is 3.01. The first-order valence-electron chi connectivity index (χ1n) is 7.76. The number of carbonyl (C=O) groups excluding carboxylic acids is 1. The minimum Gasteiger partial charge on any atom is -0.373 e. The zero-order valence-corrected chi connectivity index (χ0v) is 13.0. The topological polar surface area (TPSA) is 26.3 Å². The summed E-state index contributed by atoms with van der Waals surface area (Å²) in [6, 6.07) is 4.08. The molecule has 1 aliphatic rings. The van der Waals surface area contributed by atoms with Crippen LogP contribution < -0.4 is 0 Å². The lowest BCUT2D eigenvalue weighted by molar-refractivity contribution is 0.0628. The second-order valence-corrected chi connectivity index (χ2v) is 6.19. The second kappa shape index (κ2) is 7.03. The second-order valence-electron chi connectivity index (χ2n) is 6.19. The van der Waals surface area contributed by atoms with Crippen LogP contribution in [0.25, 0.3) is 0 Å². The van der Waals surface area contributed by atoms with Gasteiger partial charge in [0, 0.05) is 5.56 Å². The summed E-state index contributed by atoms with van der Waals surface area (Å²) in [5, 5.41) is 0. The maximum absolute atomic E-state index is 12.2. The van der Waals surface area contributed by atoms with E-state index in [-0.39, 0.29) is 12.4 Å². The molecule has 0 spiro atoms. The van der Waals surface area contributed by atoms with Gasteiger partial charge in [-0.05, 0) is 62.3 Å². The maximum atomic E-state index is 12.2. The van der Waals surface area contributed by atoms with Crippen molar-refractivity contribution in [2.75, 3.05) is 13.2 Å². The number of benzene rings is 1. The zero-order chi connectivity index (χ0) is 14.5. The van der Waals surface area contributed by atoms with E-state index in [1.54, 1.807) is 0 Å². The Hall–Kier alpha value is -1.15. The monoisotopic (exact) mass is 274 g/mol. The molecule has 1 aliphatic carbocycles. The predicted molar refractivity (Wildman–Crippen MR) is 82.4 cm³/mol. The molecule has 0 amide bonds. The van der Waals surface area contributed by atoms with E-state index in [0.717, 1.165) is 17.7 Å². The van der Waals surface area contributed by atoms with Crippen LogP contribution in [0.3, 0.4) is 0 Å². The molecule has 1 fully saturated rings. The van der Waals surface area contributed by atoms with Gasteiger partial charge in [-0.15, -0.1) is 0 Å². The van der Waals surface area contributed by atoms with Gasteiger partial charge < -0.3 is 4.74 Å². The lowest BCUT2D eigenvalue weighted by Gasteiger charge is -2.21. The third-order valence-corrected chi connectivity index (χ3v) is 4.45. The summed E-state index contributed by atoms with van der Waals surface area (Å²) in [5.74, 6) is 0.777. The fraction of sp³-hybridized carbons (Fsp3) is 0.611. The normalized spacial score (nSPS) is 16.4. The lowest BCUT2D eigenvalue weighted by atomic mass is 9.90. The van der Waals surface area contributed by atoms with Gasteiger partial charge in [0.15, 0.2) is 5.78 Å². The Morgan fingerprint density at radius 1 is 1.05 bits per heavy atom. The van der Waals surface area contributed by atoms with Crippen LogP contribution in [0.2, 0.25) is 0 Å². The number of ether oxygens (including phenoxy) is 1. The predicted octanol–water partition coefficient (Wildman–Crippen LogP) is 4.39. The minimum absolute atomic E-state index is 0.112. The Morgan fingerprint density at radius 3 is 2.40 bits per heavy atom. The Morgan fingerprint density at radius 2 is 1.70 bits per heavy atom. The molecule has 1 saturated carbocycles. The van der Waals surface area contributed by atoms with Gasteiger partial charge in [-0.1, -0.05) is 25.3 Å². The summed E-state index contributed by atoms with van der Waals surface area (Å²) in [6.45, 7) is 7.10. The molecule has 0 unspecified atom stereocenters.